The first-order valence-electron chi connectivity index (χ1n) is 8.58. The van der Waals surface area contributed by atoms with Gasteiger partial charge in [0.1, 0.15) is 18.1 Å². The van der Waals surface area contributed by atoms with Gasteiger partial charge in [-0.15, -0.1) is 0 Å². The van der Waals surface area contributed by atoms with Gasteiger partial charge in [-0.25, -0.2) is 9.78 Å². The number of hydrogen-bond acceptors (Lipinski definition) is 5. The van der Waals surface area contributed by atoms with Crippen molar-refractivity contribution in [3.63, 3.8) is 0 Å². The summed E-state index contributed by atoms with van der Waals surface area (Å²) < 4.78 is 11.9. The van der Waals surface area contributed by atoms with Gasteiger partial charge in [-0.2, -0.15) is 0 Å². The number of aromatic nitrogens is 1. The third kappa shape index (κ3) is 4.79. The lowest BCUT2D eigenvalue weighted by molar-refractivity contribution is 0.215. The maximum Gasteiger partial charge on any atom is 0.418 e. The molecular formula is C21H14Cl2N2O3S. The van der Waals surface area contributed by atoms with E-state index in [-0.39, 0.29) is 6.61 Å². The molecule has 0 bridgehead atoms. The summed E-state index contributed by atoms with van der Waals surface area (Å²) in [6, 6.07) is 19.6. The number of nitrogens with one attached hydrogen (secondary N) is 1. The zero-order valence-corrected chi connectivity index (χ0v) is 17.2. The van der Waals surface area contributed by atoms with Crippen LogP contribution in [-0.2, 0) is 6.61 Å². The standard InChI is InChI=1S/C21H14Cl2N2O3S/c22-16-7-4-8-17(23)15(16)12-27-14-9-10-18-19(11-14)29-20(24-18)25-21(26)28-13-5-2-1-3-6-13/h1-11H,12H2,(H,24,25,26). The second-order valence-corrected chi connectivity index (χ2v) is 7.81. The van der Waals surface area contributed by atoms with E-state index in [1.54, 1.807) is 48.5 Å². The molecule has 4 rings (SSSR count). The first-order valence-corrected chi connectivity index (χ1v) is 10.2. The van der Waals surface area contributed by atoms with E-state index in [9.17, 15) is 4.79 Å². The van der Waals surface area contributed by atoms with Crippen LogP contribution in [0.15, 0.2) is 66.7 Å². The number of benzene rings is 3. The first kappa shape index (κ1) is 19.5. The summed E-state index contributed by atoms with van der Waals surface area (Å²) in [4.78, 5) is 16.4. The summed E-state index contributed by atoms with van der Waals surface area (Å²) >= 11 is 13.7. The molecule has 5 nitrogen and oxygen atoms in total. The van der Waals surface area contributed by atoms with Gasteiger partial charge in [-0.3, -0.25) is 5.32 Å². The second-order valence-electron chi connectivity index (χ2n) is 5.97. The Labute approximate surface area is 180 Å². The van der Waals surface area contributed by atoms with Gasteiger partial charge in [0.05, 0.1) is 10.2 Å². The molecule has 146 valence electrons. The van der Waals surface area contributed by atoms with Crippen molar-refractivity contribution in [2.24, 2.45) is 0 Å². The van der Waals surface area contributed by atoms with Crippen LogP contribution in [0, 0.1) is 0 Å². The number of hydrogen-bond donors (Lipinski definition) is 1. The van der Waals surface area contributed by atoms with E-state index in [0.717, 1.165) is 15.8 Å². The van der Waals surface area contributed by atoms with Crippen molar-refractivity contribution in [3.05, 3.63) is 82.3 Å². The molecule has 1 N–H and O–H groups in total. The molecule has 8 heteroatoms. The third-order valence-electron chi connectivity index (χ3n) is 3.97. The van der Waals surface area contributed by atoms with Crippen LogP contribution in [0.2, 0.25) is 10.0 Å². The maximum absolute atomic E-state index is 12.0. The van der Waals surface area contributed by atoms with Gasteiger partial charge >= 0.3 is 6.09 Å². The predicted octanol–water partition coefficient (Wildman–Crippen LogP) is 6.79. The van der Waals surface area contributed by atoms with Gasteiger partial charge in [0.15, 0.2) is 5.13 Å². The normalized spacial score (nSPS) is 10.7. The summed E-state index contributed by atoms with van der Waals surface area (Å²) in [6.07, 6.45) is -0.597. The number of para-hydroxylation sites is 1. The lowest BCUT2D eigenvalue weighted by Crippen LogP contribution is -2.16. The first-order chi connectivity index (χ1) is 14.1. The van der Waals surface area contributed by atoms with E-state index in [1.165, 1.54) is 11.3 Å². The topological polar surface area (TPSA) is 60.5 Å². The Kier molecular flexibility index (Phi) is 5.85. The second kappa shape index (κ2) is 8.69. The van der Waals surface area contributed by atoms with E-state index >= 15 is 0 Å². The smallest absolute Gasteiger partial charge is 0.418 e. The molecule has 1 aromatic heterocycles. The zero-order valence-electron chi connectivity index (χ0n) is 14.9. The number of carbonyl (C=O) groups excluding carboxylic acids is 1. The van der Waals surface area contributed by atoms with Crippen LogP contribution in [0.4, 0.5) is 9.93 Å². The molecule has 0 aliphatic heterocycles. The molecule has 0 saturated carbocycles. The SMILES string of the molecule is O=C(Nc1nc2ccc(OCc3c(Cl)cccc3Cl)cc2s1)Oc1ccccc1. The molecule has 3 aromatic carbocycles. The lowest BCUT2D eigenvalue weighted by atomic mass is 10.2. The monoisotopic (exact) mass is 444 g/mol. The predicted molar refractivity (Wildman–Crippen MR) is 117 cm³/mol. The molecular weight excluding hydrogens is 431 g/mol. The van der Waals surface area contributed by atoms with Crippen molar-refractivity contribution in [3.8, 4) is 11.5 Å². The van der Waals surface area contributed by atoms with Crippen LogP contribution in [0.25, 0.3) is 10.2 Å². The van der Waals surface area contributed by atoms with Crippen molar-refractivity contribution >= 4 is 56.0 Å². The molecule has 0 atom stereocenters. The van der Waals surface area contributed by atoms with Crippen molar-refractivity contribution in [2.75, 3.05) is 5.32 Å². The highest BCUT2D eigenvalue weighted by atomic mass is 35.5. The molecule has 0 unspecified atom stereocenters. The van der Waals surface area contributed by atoms with Gasteiger partial charge in [0.2, 0.25) is 0 Å². The van der Waals surface area contributed by atoms with E-state index in [2.05, 4.69) is 10.3 Å². The van der Waals surface area contributed by atoms with Crippen molar-refractivity contribution in [1.29, 1.82) is 0 Å². The lowest BCUT2D eigenvalue weighted by Gasteiger charge is -2.09. The van der Waals surface area contributed by atoms with Crippen LogP contribution >= 0.6 is 34.5 Å². The maximum atomic E-state index is 12.0. The number of thiazole rings is 1. The summed E-state index contributed by atoms with van der Waals surface area (Å²) in [6.45, 7) is 0.247. The Bertz CT molecular complexity index is 1150. The Hall–Kier alpha value is -2.80. The van der Waals surface area contributed by atoms with Crippen LogP contribution in [0.3, 0.4) is 0 Å². The molecule has 0 radical (unpaired) electrons. The number of fused-ring (bicyclic) bond motifs is 1. The molecule has 0 spiro atoms. The molecule has 1 amide bonds. The molecule has 0 aliphatic rings. The van der Waals surface area contributed by atoms with Crippen molar-refractivity contribution < 1.29 is 14.3 Å². The van der Waals surface area contributed by atoms with Crippen molar-refractivity contribution in [2.45, 2.75) is 6.61 Å². The summed E-state index contributed by atoms with van der Waals surface area (Å²) in [5.41, 5.74) is 1.47. The minimum atomic E-state index is -0.597. The van der Waals surface area contributed by atoms with E-state index in [1.807, 2.05) is 18.2 Å². The van der Waals surface area contributed by atoms with Crippen LogP contribution < -0.4 is 14.8 Å². The van der Waals surface area contributed by atoms with E-state index in [4.69, 9.17) is 32.7 Å². The average Bonchev–Trinajstić information content (AvgIpc) is 3.09. The van der Waals surface area contributed by atoms with Gasteiger partial charge in [0, 0.05) is 15.6 Å². The Morgan fingerprint density at radius 1 is 0.966 bits per heavy atom. The minimum Gasteiger partial charge on any atom is -0.489 e. The van der Waals surface area contributed by atoms with Gasteiger partial charge < -0.3 is 9.47 Å². The zero-order chi connectivity index (χ0) is 20.2. The third-order valence-corrected chi connectivity index (χ3v) is 5.61. The quantitative estimate of drug-likeness (QED) is 0.367. The Balaban J connectivity index is 1.44. The molecule has 0 fully saturated rings. The average molecular weight is 445 g/mol. The number of carbonyl (C=O) groups is 1. The minimum absolute atomic E-state index is 0.247. The number of anilines is 1. The Morgan fingerprint density at radius 2 is 1.72 bits per heavy atom. The van der Waals surface area contributed by atoms with Gasteiger partial charge in [0.25, 0.3) is 0 Å². The number of rotatable bonds is 5. The summed E-state index contributed by atoms with van der Waals surface area (Å²) in [7, 11) is 0. The number of amides is 1. The highest BCUT2D eigenvalue weighted by Crippen LogP contribution is 2.31. The Morgan fingerprint density at radius 3 is 2.48 bits per heavy atom. The highest BCUT2D eigenvalue weighted by Gasteiger charge is 2.11. The number of ether oxygens (including phenoxy) is 2. The largest absolute Gasteiger partial charge is 0.489 e. The number of nitrogens with zero attached hydrogens (tertiary/aromatic N) is 1. The van der Waals surface area contributed by atoms with E-state index in [0.29, 0.717) is 26.7 Å². The highest BCUT2D eigenvalue weighted by molar-refractivity contribution is 7.22. The van der Waals surface area contributed by atoms with E-state index < -0.39 is 6.09 Å². The fourth-order valence-electron chi connectivity index (χ4n) is 2.58. The fourth-order valence-corrected chi connectivity index (χ4v) is 3.97. The van der Waals surface area contributed by atoms with Crippen molar-refractivity contribution in [1.82, 2.24) is 4.98 Å². The number of halogens is 2. The molecule has 1 heterocycles. The summed E-state index contributed by atoms with van der Waals surface area (Å²) in [5, 5.41) is 4.19. The van der Waals surface area contributed by atoms with Crippen LogP contribution in [-0.4, -0.2) is 11.1 Å². The van der Waals surface area contributed by atoms with Gasteiger partial charge in [-0.05, 0) is 42.5 Å². The molecule has 29 heavy (non-hydrogen) atoms. The van der Waals surface area contributed by atoms with Crippen LogP contribution in [0.1, 0.15) is 5.56 Å². The fraction of sp³-hybridized carbons (Fsp3) is 0.0476. The van der Waals surface area contributed by atoms with Crippen LogP contribution in [0.5, 0.6) is 11.5 Å². The molecule has 0 aliphatic carbocycles. The molecule has 0 saturated heterocycles. The van der Waals surface area contributed by atoms with Gasteiger partial charge in [-0.1, -0.05) is 58.8 Å². The molecule has 4 aromatic rings. The summed E-state index contributed by atoms with van der Waals surface area (Å²) in [5.74, 6) is 1.11.